The third-order valence-electron chi connectivity index (χ3n) is 7.82. The van der Waals surface area contributed by atoms with Gasteiger partial charge >= 0.3 is 6.18 Å². The first kappa shape index (κ1) is 26.0. The van der Waals surface area contributed by atoms with Crippen molar-refractivity contribution in [2.45, 2.75) is 50.9 Å². The van der Waals surface area contributed by atoms with Crippen LogP contribution in [0.1, 0.15) is 43.2 Å². The van der Waals surface area contributed by atoms with Crippen LogP contribution >= 0.6 is 11.6 Å². The molecule has 37 heavy (non-hydrogen) atoms. The van der Waals surface area contributed by atoms with E-state index in [4.69, 9.17) is 16.6 Å². The Kier molecular flexibility index (Phi) is 6.96. The van der Waals surface area contributed by atoms with Gasteiger partial charge in [-0.3, -0.25) is 0 Å². The van der Waals surface area contributed by atoms with Crippen LogP contribution in [0.3, 0.4) is 0 Å². The molecule has 1 atom stereocenters. The van der Waals surface area contributed by atoms with Crippen LogP contribution in [-0.4, -0.2) is 36.6 Å². The number of rotatable bonds is 7. The lowest BCUT2D eigenvalue weighted by molar-refractivity contribution is -0.137. The fourth-order valence-corrected chi connectivity index (χ4v) is 5.77. The molecule has 0 amide bonds. The van der Waals surface area contributed by atoms with Gasteiger partial charge in [-0.2, -0.15) is 18.2 Å². The monoisotopic (exact) mass is 535 g/mol. The second-order valence-corrected chi connectivity index (χ2v) is 10.9. The van der Waals surface area contributed by atoms with Gasteiger partial charge in [-0.15, -0.1) is 0 Å². The number of benzene rings is 2. The summed E-state index contributed by atoms with van der Waals surface area (Å²) < 4.78 is 53.6. The topological polar surface area (TPSA) is 53.1 Å². The van der Waals surface area contributed by atoms with Crippen molar-refractivity contribution in [3.8, 4) is 0 Å². The normalized spacial score (nSPS) is 23.4. The number of nitrogens with one attached hydrogen (secondary N) is 2. The molecule has 3 aromatic rings. The van der Waals surface area contributed by atoms with E-state index in [1.54, 1.807) is 0 Å². The van der Waals surface area contributed by atoms with E-state index in [2.05, 4.69) is 15.6 Å². The fourth-order valence-electron chi connectivity index (χ4n) is 5.53. The van der Waals surface area contributed by atoms with E-state index in [1.165, 1.54) is 0 Å². The predicted octanol–water partition coefficient (Wildman–Crippen LogP) is 6.66. The second kappa shape index (κ2) is 9.91. The van der Waals surface area contributed by atoms with Gasteiger partial charge in [0.25, 0.3) is 0 Å². The Morgan fingerprint density at radius 2 is 1.84 bits per heavy atom. The van der Waals surface area contributed by atoms with Gasteiger partial charge in [0.05, 0.1) is 16.1 Å². The van der Waals surface area contributed by atoms with Crippen LogP contribution < -0.4 is 15.5 Å². The van der Waals surface area contributed by atoms with Crippen molar-refractivity contribution in [1.29, 1.82) is 0 Å². The van der Waals surface area contributed by atoms with Crippen LogP contribution in [0.25, 0.3) is 10.9 Å². The van der Waals surface area contributed by atoms with E-state index in [1.807, 2.05) is 43.3 Å². The molecule has 0 radical (unpaired) electrons. The van der Waals surface area contributed by atoms with Crippen LogP contribution in [0, 0.1) is 17.2 Å². The van der Waals surface area contributed by atoms with Crippen molar-refractivity contribution < 1.29 is 17.6 Å². The highest BCUT2D eigenvalue weighted by Crippen LogP contribution is 2.57. The summed E-state index contributed by atoms with van der Waals surface area (Å²) >= 11 is 5.72. The number of hydrogen-bond acceptors (Lipinski definition) is 5. The summed E-state index contributed by atoms with van der Waals surface area (Å²) in [6, 6.07) is 9.62. The number of anilines is 2. The Morgan fingerprint density at radius 3 is 2.54 bits per heavy atom. The highest BCUT2D eigenvalue weighted by atomic mass is 35.5. The molecule has 1 aromatic heterocycles. The standard InChI is InChI=1S/C27H30ClF4N5/c1-37(2)24-19-5-3-4-6-21(19)35-25(36-24)34-14-16-7-9-26(10-8-16)13-22(26)33-15-17-11-18(27(30,31)32)12-20(28)23(17)29/h3-6,11-12,16,22,33H,7-10,13-15H2,1-2H3,(H,34,35,36)/t16?,22-,26?/m1/s1. The Morgan fingerprint density at radius 1 is 1.11 bits per heavy atom. The molecule has 198 valence electrons. The maximum atomic E-state index is 14.3. The highest BCUT2D eigenvalue weighted by Gasteiger charge is 2.54. The van der Waals surface area contributed by atoms with Crippen molar-refractivity contribution in [3.63, 3.8) is 0 Å². The van der Waals surface area contributed by atoms with Crippen molar-refractivity contribution in [2.24, 2.45) is 11.3 Å². The van der Waals surface area contributed by atoms with Crippen molar-refractivity contribution in [1.82, 2.24) is 15.3 Å². The maximum absolute atomic E-state index is 14.3. The zero-order valence-corrected chi connectivity index (χ0v) is 21.6. The summed E-state index contributed by atoms with van der Waals surface area (Å²) in [4.78, 5) is 11.4. The average molecular weight is 536 g/mol. The average Bonchev–Trinajstić information content (AvgIpc) is 3.54. The third-order valence-corrected chi connectivity index (χ3v) is 8.09. The zero-order chi connectivity index (χ0) is 26.4. The van der Waals surface area contributed by atoms with Crippen LogP contribution in [0.5, 0.6) is 0 Å². The van der Waals surface area contributed by atoms with Gasteiger partial charge in [-0.25, -0.2) is 9.37 Å². The number of halogens is 5. The summed E-state index contributed by atoms with van der Waals surface area (Å²) in [5, 5.41) is 7.22. The first-order chi connectivity index (χ1) is 17.6. The Balaban J connectivity index is 1.14. The Hall–Kier alpha value is -2.65. The molecule has 5 nitrogen and oxygen atoms in total. The molecule has 5 rings (SSSR count). The van der Waals surface area contributed by atoms with Gasteiger partial charge in [-0.05, 0) is 67.7 Å². The van der Waals surface area contributed by atoms with Crippen molar-refractivity contribution >= 4 is 34.3 Å². The van der Waals surface area contributed by atoms with E-state index >= 15 is 0 Å². The number of para-hydroxylation sites is 1. The molecule has 2 aromatic carbocycles. The van der Waals surface area contributed by atoms with Gasteiger partial charge < -0.3 is 15.5 Å². The lowest BCUT2D eigenvalue weighted by Gasteiger charge is -2.30. The molecule has 2 saturated carbocycles. The third kappa shape index (κ3) is 5.48. The van der Waals surface area contributed by atoms with Crippen LogP contribution in [0.2, 0.25) is 5.02 Å². The molecule has 10 heteroatoms. The molecule has 1 heterocycles. The molecule has 0 bridgehead atoms. The van der Waals surface area contributed by atoms with Crippen LogP contribution in [-0.2, 0) is 12.7 Å². The lowest BCUT2D eigenvalue weighted by Crippen LogP contribution is -2.29. The molecule has 2 aliphatic rings. The molecule has 0 aliphatic heterocycles. The minimum absolute atomic E-state index is 0.0282. The number of aromatic nitrogens is 2. The van der Waals surface area contributed by atoms with E-state index in [0.717, 1.165) is 61.4 Å². The molecule has 0 unspecified atom stereocenters. The lowest BCUT2D eigenvalue weighted by atomic mass is 9.79. The first-order valence-corrected chi connectivity index (χ1v) is 12.9. The van der Waals surface area contributed by atoms with Crippen molar-refractivity contribution in [3.05, 3.63) is 58.4 Å². The quantitative estimate of drug-likeness (QED) is 0.331. The van der Waals surface area contributed by atoms with E-state index in [0.29, 0.717) is 17.9 Å². The van der Waals surface area contributed by atoms with Crippen molar-refractivity contribution in [2.75, 3.05) is 30.9 Å². The van der Waals surface area contributed by atoms with E-state index < -0.39 is 22.6 Å². The predicted molar refractivity (Wildman–Crippen MR) is 138 cm³/mol. The van der Waals surface area contributed by atoms with Gasteiger partial charge in [-0.1, -0.05) is 23.7 Å². The Bertz CT molecular complexity index is 1290. The second-order valence-electron chi connectivity index (χ2n) is 10.5. The number of nitrogens with zero attached hydrogens (tertiary/aromatic N) is 3. The van der Waals surface area contributed by atoms with Gasteiger partial charge in [0.2, 0.25) is 5.95 Å². The van der Waals surface area contributed by atoms with Crippen LogP contribution in [0.4, 0.5) is 29.3 Å². The minimum atomic E-state index is -4.56. The minimum Gasteiger partial charge on any atom is -0.362 e. The van der Waals surface area contributed by atoms with E-state index in [9.17, 15) is 17.6 Å². The summed E-state index contributed by atoms with van der Waals surface area (Å²) in [6.07, 6.45) is 0.549. The first-order valence-electron chi connectivity index (χ1n) is 12.5. The molecular weight excluding hydrogens is 506 g/mol. The molecule has 2 fully saturated rings. The molecule has 2 aliphatic carbocycles. The molecule has 2 N–H and O–H groups in total. The SMILES string of the molecule is CN(C)c1nc(NCC2CCC3(CC2)C[C@H]3NCc2cc(C(F)(F)F)cc(Cl)c2F)nc2ccccc12. The summed E-state index contributed by atoms with van der Waals surface area (Å²) in [5.74, 6) is 1.20. The van der Waals surface area contributed by atoms with Gasteiger partial charge in [0.1, 0.15) is 11.6 Å². The highest BCUT2D eigenvalue weighted by molar-refractivity contribution is 6.30. The van der Waals surface area contributed by atoms with Gasteiger partial charge in [0.15, 0.2) is 0 Å². The smallest absolute Gasteiger partial charge is 0.362 e. The zero-order valence-electron chi connectivity index (χ0n) is 20.8. The summed E-state index contributed by atoms with van der Waals surface area (Å²) in [7, 11) is 3.93. The summed E-state index contributed by atoms with van der Waals surface area (Å²) in [5.41, 5.74) is 0.0712. The molecule has 1 spiro atoms. The van der Waals surface area contributed by atoms with E-state index in [-0.39, 0.29) is 23.6 Å². The number of fused-ring (bicyclic) bond motifs is 1. The largest absolute Gasteiger partial charge is 0.416 e. The number of hydrogen-bond donors (Lipinski definition) is 2. The fraction of sp³-hybridized carbons (Fsp3) is 0.481. The molecular formula is C27H30ClF4N5. The Labute approximate surface area is 218 Å². The number of alkyl halides is 3. The van der Waals surface area contributed by atoms with Gasteiger partial charge in [0, 0.05) is 44.2 Å². The molecule has 0 saturated heterocycles. The van der Waals surface area contributed by atoms with Crippen LogP contribution in [0.15, 0.2) is 36.4 Å². The summed E-state index contributed by atoms with van der Waals surface area (Å²) in [6.45, 7) is 0.813. The maximum Gasteiger partial charge on any atom is 0.416 e.